The summed E-state index contributed by atoms with van der Waals surface area (Å²) in [4.78, 5) is 0. The van der Waals surface area contributed by atoms with E-state index >= 15 is 0 Å². The highest BCUT2D eigenvalue weighted by Crippen LogP contribution is 2.41. The first-order valence-electron chi connectivity index (χ1n) is 7.63. The largest absolute Gasteiger partial charge is 0.312 e. The average Bonchev–Trinajstić information content (AvgIpc) is 3.15. The van der Waals surface area contributed by atoms with Crippen LogP contribution in [-0.2, 0) is 6.54 Å². The Morgan fingerprint density at radius 2 is 1.94 bits per heavy atom. The molecule has 0 spiro atoms. The average molecular weight is 243 g/mol. The van der Waals surface area contributed by atoms with E-state index in [0.29, 0.717) is 0 Å². The van der Waals surface area contributed by atoms with Crippen LogP contribution in [0.3, 0.4) is 0 Å². The summed E-state index contributed by atoms with van der Waals surface area (Å²) in [6.07, 6.45) is 7.10. The summed E-state index contributed by atoms with van der Waals surface area (Å²) in [6, 6.07) is 9.00. The Morgan fingerprint density at radius 3 is 2.67 bits per heavy atom. The molecule has 0 bridgehead atoms. The first kappa shape index (κ1) is 12.2. The molecule has 2 atom stereocenters. The number of nitrogens with one attached hydrogen (secondary N) is 1. The SMILES string of the molecule is CC1CCCC1CNCc1ccccc1C1CC1. The van der Waals surface area contributed by atoms with Gasteiger partial charge in [-0.3, -0.25) is 0 Å². The second-order valence-electron chi connectivity index (χ2n) is 6.27. The first-order valence-corrected chi connectivity index (χ1v) is 7.63. The van der Waals surface area contributed by atoms with E-state index in [4.69, 9.17) is 0 Å². The maximum absolute atomic E-state index is 3.70. The zero-order chi connectivity index (χ0) is 12.4. The van der Waals surface area contributed by atoms with Crippen LogP contribution in [-0.4, -0.2) is 6.54 Å². The van der Waals surface area contributed by atoms with E-state index in [1.165, 1.54) is 44.2 Å². The molecule has 2 aliphatic rings. The minimum atomic E-state index is 0.869. The molecule has 0 heterocycles. The molecule has 1 N–H and O–H groups in total. The van der Waals surface area contributed by atoms with Gasteiger partial charge < -0.3 is 5.32 Å². The van der Waals surface area contributed by atoms with Gasteiger partial charge in [0.15, 0.2) is 0 Å². The van der Waals surface area contributed by atoms with Crippen molar-refractivity contribution in [3.05, 3.63) is 35.4 Å². The van der Waals surface area contributed by atoms with Crippen molar-refractivity contribution in [2.45, 2.75) is 51.5 Å². The predicted octanol–water partition coefficient (Wildman–Crippen LogP) is 4.09. The van der Waals surface area contributed by atoms with Crippen LogP contribution in [0.5, 0.6) is 0 Å². The molecule has 3 rings (SSSR count). The summed E-state index contributed by atoms with van der Waals surface area (Å²) in [5.41, 5.74) is 3.13. The van der Waals surface area contributed by atoms with Crippen LogP contribution in [0.4, 0.5) is 0 Å². The van der Waals surface area contributed by atoms with E-state index in [1.807, 2.05) is 0 Å². The minimum Gasteiger partial charge on any atom is -0.312 e. The van der Waals surface area contributed by atoms with Gasteiger partial charge in [0.1, 0.15) is 0 Å². The van der Waals surface area contributed by atoms with Crippen LogP contribution in [0.15, 0.2) is 24.3 Å². The molecule has 2 saturated carbocycles. The monoisotopic (exact) mass is 243 g/mol. The molecule has 1 aromatic carbocycles. The normalized spacial score (nSPS) is 27.6. The molecule has 0 aromatic heterocycles. The van der Waals surface area contributed by atoms with Gasteiger partial charge in [0.2, 0.25) is 0 Å². The fourth-order valence-corrected chi connectivity index (χ4v) is 3.41. The van der Waals surface area contributed by atoms with Gasteiger partial charge in [-0.15, -0.1) is 0 Å². The highest BCUT2D eigenvalue weighted by Gasteiger charge is 2.26. The summed E-state index contributed by atoms with van der Waals surface area (Å²) >= 11 is 0. The van der Waals surface area contributed by atoms with Crippen LogP contribution in [0, 0.1) is 11.8 Å². The van der Waals surface area contributed by atoms with Crippen molar-refractivity contribution in [1.29, 1.82) is 0 Å². The summed E-state index contributed by atoms with van der Waals surface area (Å²) < 4.78 is 0. The van der Waals surface area contributed by atoms with Gasteiger partial charge in [0.05, 0.1) is 0 Å². The van der Waals surface area contributed by atoms with Crippen molar-refractivity contribution >= 4 is 0 Å². The Hall–Kier alpha value is -0.820. The molecular weight excluding hydrogens is 218 g/mol. The van der Waals surface area contributed by atoms with Crippen LogP contribution in [0.2, 0.25) is 0 Å². The maximum Gasteiger partial charge on any atom is 0.0208 e. The second kappa shape index (κ2) is 5.44. The van der Waals surface area contributed by atoms with Gasteiger partial charge in [-0.25, -0.2) is 0 Å². The third-order valence-corrected chi connectivity index (χ3v) is 4.83. The van der Waals surface area contributed by atoms with Crippen LogP contribution in [0.1, 0.15) is 56.1 Å². The summed E-state index contributed by atoms with van der Waals surface area (Å²) in [5.74, 6) is 2.71. The van der Waals surface area contributed by atoms with E-state index in [0.717, 1.165) is 24.3 Å². The third-order valence-electron chi connectivity index (χ3n) is 4.83. The molecule has 2 fully saturated rings. The van der Waals surface area contributed by atoms with Crippen molar-refractivity contribution in [3.8, 4) is 0 Å². The molecule has 2 aliphatic carbocycles. The fraction of sp³-hybridized carbons (Fsp3) is 0.647. The summed E-state index contributed by atoms with van der Waals surface area (Å²) in [5, 5.41) is 3.70. The molecule has 1 nitrogen and oxygen atoms in total. The molecule has 0 radical (unpaired) electrons. The van der Waals surface area contributed by atoms with Gasteiger partial charge >= 0.3 is 0 Å². The van der Waals surface area contributed by atoms with Gasteiger partial charge in [-0.1, -0.05) is 44.0 Å². The molecule has 2 unspecified atom stereocenters. The van der Waals surface area contributed by atoms with E-state index in [9.17, 15) is 0 Å². The van der Waals surface area contributed by atoms with Crippen molar-refractivity contribution in [2.75, 3.05) is 6.54 Å². The number of benzene rings is 1. The topological polar surface area (TPSA) is 12.0 Å². The third kappa shape index (κ3) is 2.77. The molecule has 98 valence electrons. The second-order valence-corrected chi connectivity index (χ2v) is 6.27. The first-order chi connectivity index (χ1) is 8.84. The minimum absolute atomic E-state index is 0.869. The van der Waals surface area contributed by atoms with Crippen molar-refractivity contribution in [2.24, 2.45) is 11.8 Å². The highest BCUT2D eigenvalue weighted by molar-refractivity contribution is 5.33. The molecule has 1 heteroatoms. The van der Waals surface area contributed by atoms with Crippen LogP contribution >= 0.6 is 0 Å². The lowest BCUT2D eigenvalue weighted by atomic mass is 9.98. The van der Waals surface area contributed by atoms with Gasteiger partial charge in [0.25, 0.3) is 0 Å². The molecule has 1 aromatic rings. The molecule has 0 amide bonds. The molecular formula is C17H25N. The number of hydrogen-bond acceptors (Lipinski definition) is 1. The van der Waals surface area contributed by atoms with E-state index in [-0.39, 0.29) is 0 Å². The fourth-order valence-electron chi connectivity index (χ4n) is 3.41. The van der Waals surface area contributed by atoms with Crippen molar-refractivity contribution in [1.82, 2.24) is 5.32 Å². The van der Waals surface area contributed by atoms with Gasteiger partial charge in [-0.05, 0) is 54.7 Å². The standard InChI is InChI=1S/C17H25N/c1-13-5-4-7-15(13)11-18-12-16-6-2-3-8-17(16)14-9-10-14/h2-3,6,8,13-15,18H,4-5,7,9-12H2,1H3. The van der Waals surface area contributed by atoms with Crippen LogP contribution < -0.4 is 5.32 Å². The Bertz CT molecular complexity index is 394. The number of rotatable bonds is 5. The van der Waals surface area contributed by atoms with E-state index < -0.39 is 0 Å². The van der Waals surface area contributed by atoms with Gasteiger partial charge in [-0.2, -0.15) is 0 Å². The smallest absolute Gasteiger partial charge is 0.0208 e. The molecule has 18 heavy (non-hydrogen) atoms. The molecule has 0 saturated heterocycles. The highest BCUT2D eigenvalue weighted by atomic mass is 14.9. The Labute approximate surface area is 111 Å². The van der Waals surface area contributed by atoms with Crippen molar-refractivity contribution < 1.29 is 0 Å². The zero-order valence-electron chi connectivity index (χ0n) is 11.5. The van der Waals surface area contributed by atoms with Crippen molar-refractivity contribution in [3.63, 3.8) is 0 Å². The lowest BCUT2D eigenvalue weighted by Crippen LogP contribution is -2.24. The Balaban J connectivity index is 1.53. The Kier molecular flexibility index (Phi) is 3.69. The molecule has 0 aliphatic heterocycles. The summed E-state index contributed by atoms with van der Waals surface area (Å²) in [6.45, 7) is 4.69. The lowest BCUT2D eigenvalue weighted by Gasteiger charge is -2.17. The summed E-state index contributed by atoms with van der Waals surface area (Å²) in [7, 11) is 0. The Morgan fingerprint density at radius 1 is 1.11 bits per heavy atom. The zero-order valence-corrected chi connectivity index (χ0v) is 11.5. The van der Waals surface area contributed by atoms with Crippen LogP contribution in [0.25, 0.3) is 0 Å². The lowest BCUT2D eigenvalue weighted by molar-refractivity contribution is 0.392. The predicted molar refractivity (Wildman–Crippen MR) is 76.6 cm³/mol. The van der Waals surface area contributed by atoms with E-state index in [1.54, 1.807) is 5.56 Å². The van der Waals surface area contributed by atoms with E-state index in [2.05, 4.69) is 36.5 Å². The number of hydrogen-bond donors (Lipinski definition) is 1. The maximum atomic E-state index is 3.70. The quantitative estimate of drug-likeness (QED) is 0.821. The van der Waals surface area contributed by atoms with Gasteiger partial charge in [0, 0.05) is 6.54 Å².